The Bertz CT molecular complexity index is 977. The molecule has 2 aromatic rings. The summed E-state index contributed by atoms with van der Waals surface area (Å²) in [5.41, 5.74) is 0.864. The first-order valence-electron chi connectivity index (χ1n) is 7.56. The van der Waals surface area contributed by atoms with E-state index in [1.54, 1.807) is 13.8 Å². The van der Waals surface area contributed by atoms with Gasteiger partial charge in [-0.25, -0.2) is 0 Å². The number of nitro groups is 2. The number of rotatable bonds is 6. The van der Waals surface area contributed by atoms with E-state index < -0.39 is 22.2 Å². The molecule has 8 nitrogen and oxygen atoms in total. The second kappa shape index (κ2) is 8.01. The Morgan fingerprint density at radius 1 is 1.22 bits per heavy atom. The third-order valence-electron chi connectivity index (χ3n) is 4.17. The van der Waals surface area contributed by atoms with Crippen LogP contribution in [-0.4, -0.2) is 22.7 Å². The first kappa shape index (κ1) is 20.8. The minimum Gasteiger partial charge on any atom is -0.495 e. The molecule has 0 amide bonds. The Labute approximate surface area is 167 Å². The van der Waals surface area contributed by atoms with Crippen molar-refractivity contribution in [2.45, 2.75) is 20.4 Å². The maximum atomic E-state index is 13.2. The third-order valence-corrected chi connectivity index (χ3v) is 5.34. The van der Waals surface area contributed by atoms with Gasteiger partial charge < -0.3 is 4.74 Å². The molecule has 0 spiro atoms. The number of carbonyl (C=O) groups excluding carboxylic acids is 1. The van der Waals surface area contributed by atoms with Gasteiger partial charge in [-0.1, -0.05) is 11.6 Å². The van der Waals surface area contributed by atoms with Crippen molar-refractivity contribution in [3.05, 3.63) is 75.7 Å². The van der Waals surface area contributed by atoms with Gasteiger partial charge in [0.2, 0.25) is 6.54 Å². The summed E-state index contributed by atoms with van der Waals surface area (Å²) in [5.74, 6) is -0.254. The summed E-state index contributed by atoms with van der Waals surface area (Å²) in [6.07, 6.45) is 0. The minimum absolute atomic E-state index is 0.0154. The summed E-state index contributed by atoms with van der Waals surface area (Å²) in [4.78, 5) is 34.2. The monoisotopic (exact) mass is 456 g/mol. The normalized spacial score (nSPS) is 10.6. The average molecular weight is 458 g/mol. The molecule has 0 atom stereocenters. The lowest BCUT2D eigenvalue weighted by Crippen LogP contribution is -2.14. The molecular weight excluding hydrogens is 444 g/mol. The highest BCUT2D eigenvalue weighted by Gasteiger charge is 2.28. The topological polar surface area (TPSA) is 113 Å². The number of hydrogen-bond acceptors (Lipinski definition) is 6. The van der Waals surface area contributed by atoms with E-state index in [2.05, 4.69) is 15.9 Å². The number of carbonyl (C=O) groups is 1. The predicted octanol–water partition coefficient (Wildman–Crippen LogP) is 4.64. The highest BCUT2D eigenvalue weighted by Crippen LogP contribution is 2.39. The lowest BCUT2D eigenvalue weighted by atomic mass is 9.90. The summed E-state index contributed by atoms with van der Waals surface area (Å²) in [7, 11) is 1.42. The number of nitro benzene ring substituents is 1. The van der Waals surface area contributed by atoms with Gasteiger partial charge in [-0.05, 0) is 47.0 Å². The third kappa shape index (κ3) is 3.93. The van der Waals surface area contributed by atoms with Gasteiger partial charge in [-0.3, -0.25) is 25.0 Å². The highest BCUT2D eigenvalue weighted by atomic mass is 79.9. The van der Waals surface area contributed by atoms with E-state index in [1.165, 1.54) is 19.2 Å². The maximum Gasteiger partial charge on any atom is 0.270 e. The van der Waals surface area contributed by atoms with Gasteiger partial charge in [0.15, 0.2) is 5.78 Å². The molecule has 2 aromatic carbocycles. The molecule has 0 radical (unpaired) electrons. The number of ether oxygens (including phenoxy) is 1. The summed E-state index contributed by atoms with van der Waals surface area (Å²) in [5, 5.41) is 22.2. The number of methoxy groups -OCH3 is 1. The van der Waals surface area contributed by atoms with E-state index in [4.69, 9.17) is 16.3 Å². The van der Waals surface area contributed by atoms with Crippen LogP contribution in [0.15, 0.2) is 22.7 Å². The molecular formula is C17H14BrClN2O6. The summed E-state index contributed by atoms with van der Waals surface area (Å²) in [6.45, 7) is 2.71. The van der Waals surface area contributed by atoms with Gasteiger partial charge in [0, 0.05) is 28.2 Å². The van der Waals surface area contributed by atoms with Crippen molar-refractivity contribution in [2.75, 3.05) is 7.11 Å². The fraction of sp³-hybridized carbons (Fsp3) is 0.235. The number of hydrogen-bond donors (Lipinski definition) is 0. The molecule has 10 heteroatoms. The summed E-state index contributed by atoms with van der Waals surface area (Å²) in [6, 6.07) is 3.49. The van der Waals surface area contributed by atoms with Crippen LogP contribution in [0.1, 0.15) is 32.6 Å². The Kier molecular flexibility index (Phi) is 6.17. The van der Waals surface area contributed by atoms with E-state index in [1.807, 2.05) is 0 Å². The van der Waals surface area contributed by atoms with Gasteiger partial charge in [0.05, 0.1) is 27.1 Å². The quantitative estimate of drug-likeness (QED) is 0.355. The molecule has 0 bridgehead atoms. The van der Waals surface area contributed by atoms with Gasteiger partial charge in [-0.15, -0.1) is 0 Å². The van der Waals surface area contributed by atoms with E-state index in [9.17, 15) is 25.0 Å². The number of benzene rings is 2. The SMILES string of the molecule is COc1c(C)c(C)c(C(=O)c2cc([N+](=O)[O-])ccc2Cl)c(C[N+](=O)[O-])c1Br. The zero-order valence-corrected chi connectivity index (χ0v) is 16.9. The first-order valence-corrected chi connectivity index (χ1v) is 8.73. The smallest absolute Gasteiger partial charge is 0.270 e. The largest absolute Gasteiger partial charge is 0.495 e. The van der Waals surface area contributed by atoms with Crippen molar-refractivity contribution in [3.63, 3.8) is 0 Å². The Morgan fingerprint density at radius 3 is 2.37 bits per heavy atom. The van der Waals surface area contributed by atoms with Crippen LogP contribution < -0.4 is 4.74 Å². The molecule has 0 aromatic heterocycles. The predicted molar refractivity (Wildman–Crippen MR) is 102 cm³/mol. The van der Waals surface area contributed by atoms with E-state index >= 15 is 0 Å². The standard InChI is InChI=1S/C17H14BrClN2O6/c1-8-9(2)17(27-3)15(18)12(7-20(23)24)14(8)16(22)11-6-10(21(25)26)4-5-13(11)19/h4-6H,7H2,1-3H3. The van der Waals surface area contributed by atoms with Gasteiger partial charge in [-0.2, -0.15) is 0 Å². The zero-order valence-electron chi connectivity index (χ0n) is 14.5. The van der Waals surface area contributed by atoms with Crippen molar-refractivity contribution in [2.24, 2.45) is 0 Å². The number of halogens is 2. The van der Waals surface area contributed by atoms with E-state index in [0.29, 0.717) is 16.9 Å². The van der Waals surface area contributed by atoms with Crippen molar-refractivity contribution >= 4 is 39.0 Å². The van der Waals surface area contributed by atoms with Gasteiger partial charge in [0.25, 0.3) is 5.69 Å². The second-order valence-corrected chi connectivity index (χ2v) is 6.89. The molecule has 0 saturated carbocycles. The fourth-order valence-corrected chi connectivity index (χ4v) is 3.74. The van der Waals surface area contributed by atoms with E-state index in [0.717, 1.165) is 6.07 Å². The van der Waals surface area contributed by atoms with Crippen LogP contribution in [0.5, 0.6) is 5.75 Å². The van der Waals surface area contributed by atoms with Gasteiger partial charge in [0.1, 0.15) is 5.75 Å². The number of non-ortho nitro benzene ring substituents is 1. The molecule has 27 heavy (non-hydrogen) atoms. The number of nitrogens with zero attached hydrogens (tertiary/aromatic N) is 2. The lowest BCUT2D eigenvalue weighted by Gasteiger charge is -2.18. The molecule has 142 valence electrons. The molecule has 0 heterocycles. The van der Waals surface area contributed by atoms with Crippen molar-refractivity contribution in [3.8, 4) is 5.75 Å². The molecule has 0 aliphatic rings. The maximum absolute atomic E-state index is 13.2. The van der Waals surface area contributed by atoms with Crippen LogP contribution in [0.2, 0.25) is 5.02 Å². The number of ketones is 1. The first-order chi connectivity index (χ1) is 12.6. The van der Waals surface area contributed by atoms with Crippen LogP contribution in [-0.2, 0) is 6.54 Å². The van der Waals surface area contributed by atoms with Crippen LogP contribution in [0.3, 0.4) is 0 Å². The molecule has 0 unspecified atom stereocenters. The second-order valence-electron chi connectivity index (χ2n) is 5.69. The lowest BCUT2D eigenvalue weighted by molar-refractivity contribution is -0.497. The highest BCUT2D eigenvalue weighted by molar-refractivity contribution is 9.10. The molecule has 0 fully saturated rings. The molecule has 0 aliphatic carbocycles. The van der Waals surface area contributed by atoms with E-state index in [-0.39, 0.29) is 31.9 Å². The Morgan fingerprint density at radius 2 is 1.85 bits per heavy atom. The van der Waals surface area contributed by atoms with Crippen molar-refractivity contribution < 1.29 is 19.4 Å². The van der Waals surface area contributed by atoms with Gasteiger partial charge >= 0.3 is 0 Å². The zero-order chi connectivity index (χ0) is 20.5. The molecule has 0 N–H and O–H groups in total. The van der Waals surface area contributed by atoms with Crippen LogP contribution in [0, 0.1) is 34.1 Å². The Balaban J connectivity index is 2.81. The molecule has 0 aliphatic heterocycles. The van der Waals surface area contributed by atoms with Crippen LogP contribution in [0.25, 0.3) is 0 Å². The van der Waals surface area contributed by atoms with Crippen LogP contribution in [0.4, 0.5) is 5.69 Å². The van der Waals surface area contributed by atoms with Crippen molar-refractivity contribution in [1.29, 1.82) is 0 Å². The molecule has 0 saturated heterocycles. The minimum atomic E-state index is -0.646. The van der Waals surface area contributed by atoms with Crippen molar-refractivity contribution in [1.82, 2.24) is 0 Å². The average Bonchev–Trinajstić information content (AvgIpc) is 2.59. The summed E-state index contributed by atoms with van der Waals surface area (Å²) < 4.78 is 5.58. The Hall–Kier alpha value is -2.52. The fourth-order valence-electron chi connectivity index (χ4n) is 2.76. The summed E-state index contributed by atoms with van der Waals surface area (Å²) >= 11 is 9.36. The molecule has 2 rings (SSSR count). The van der Waals surface area contributed by atoms with Crippen LogP contribution >= 0.6 is 27.5 Å².